The van der Waals surface area contributed by atoms with E-state index in [9.17, 15) is 13.6 Å². The van der Waals surface area contributed by atoms with E-state index in [1.165, 1.54) is 0 Å². The number of rotatable bonds is 3. The van der Waals surface area contributed by atoms with Gasteiger partial charge in [0.2, 0.25) is 5.92 Å². The van der Waals surface area contributed by atoms with Gasteiger partial charge in [-0.2, -0.15) is 0 Å². The number of carbonyl (C=O) groups excluding carboxylic acids is 1. The molecule has 1 aromatic rings. The number of ether oxygens (including phenoxy) is 1. The molecule has 0 radical (unpaired) electrons. The summed E-state index contributed by atoms with van der Waals surface area (Å²) in [5.74, 6) is -2.75. The molecule has 0 amide bonds. The van der Waals surface area contributed by atoms with E-state index in [0.717, 1.165) is 5.56 Å². The number of alkyl halides is 2. The van der Waals surface area contributed by atoms with Crippen molar-refractivity contribution >= 4 is 5.78 Å². The van der Waals surface area contributed by atoms with Gasteiger partial charge >= 0.3 is 0 Å². The molecule has 104 valence electrons. The molecule has 0 heterocycles. The molecular formula is C15H18F2O2. The molecule has 2 rings (SSSR count). The lowest BCUT2D eigenvalue weighted by Gasteiger charge is -2.28. The Kier molecular flexibility index (Phi) is 3.88. The van der Waals surface area contributed by atoms with Crippen LogP contribution < -0.4 is 4.74 Å². The number of Topliss-reactive ketones (excluding diaryl/α,β-unsaturated/α-hetero) is 1. The first-order valence-corrected chi connectivity index (χ1v) is 6.49. The second-order valence-corrected chi connectivity index (χ2v) is 5.19. The van der Waals surface area contributed by atoms with Crippen molar-refractivity contribution in [1.29, 1.82) is 0 Å². The Morgan fingerprint density at radius 2 is 2.16 bits per heavy atom. The third-order valence-corrected chi connectivity index (χ3v) is 3.71. The van der Waals surface area contributed by atoms with Gasteiger partial charge in [-0.15, -0.1) is 0 Å². The molecular weight excluding hydrogens is 250 g/mol. The quantitative estimate of drug-likeness (QED) is 0.774. The Labute approximate surface area is 111 Å². The summed E-state index contributed by atoms with van der Waals surface area (Å²) < 4.78 is 31.8. The van der Waals surface area contributed by atoms with Gasteiger partial charge in [0.15, 0.2) is 5.78 Å². The van der Waals surface area contributed by atoms with Crippen molar-refractivity contribution in [2.24, 2.45) is 5.92 Å². The smallest absolute Gasteiger partial charge is 0.248 e. The Morgan fingerprint density at radius 3 is 2.74 bits per heavy atom. The summed E-state index contributed by atoms with van der Waals surface area (Å²) >= 11 is 0. The van der Waals surface area contributed by atoms with Gasteiger partial charge in [-0.3, -0.25) is 4.79 Å². The molecule has 1 aliphatic carbocycles. The summed E-state index contributed by atoms with van der Waals surface area (Å²) in [6.45, 7) is 1.80. The van der Waals surface area contributed by atoms with Gasteiger partial charge in [0.25, 0.3) is 0 Å². The van der Waals surface area contributed by atoms with Crippen LogP contribution in [0.25, 0.3) is 0 Å². The van der Waals surface area contributed by atoms with Crippen LogP contribution in [-0.4, -0.2) is 18.8 Å². The number of carbonyl (C=O) groups is 1. The Balaban J connectivity index is 2.20. The second-order valence-electron chi connectivity index (χ2n) is 5.19. The maximum atomic E-state index is 13.4. The number of benzene rings is 1. The van der Waals surface area contributed by atoms with E-state index < -0.39 is 11.8 Å². The first-order chi connectivity index (χ1) is 8.93. The molecule has 1 fully saturated rings. The molecule has 1 atom stereocenters. The highest BCUT2D eigenvalue weighted by atomic mass is 19.3. The van der Waals surface area contributed by atoms with E-state index in [1.54, 1.807) is 32.2 Å². The minimum absolute atomic E-state index is 0.0988. The molecule has 1 aliphatic rings. The highest BCUT2D eigenvalue weighted by Crippen LogP contribution is 2.38. The standard InChI is InChI=1S/C15H18F2O2/c1-10-8-12(19-2)5-6-13(10)14(18)11-4-3-7-15(16,17)9-11/h5-6,8,11H,3-4,7,9H2,1-2H3. The molecule has 4 heteroatoms. The molecule has 1 saturated carbocycles. The number of hydrogen-bond donors (Lipinski definition) is 0. The number of methoxy groups -OCH3 is 1. The van der Waals surface area contributed by atoms with Crippen LogP contribution in [0.1, 0.15) is 41.6 Å². The van der Waals surface area contributed by atoms with Crippen LogP contribution in [0.5, 0.6) is 5.75 Å². The van der Waals surface area contributed by atoms with Gasteiger partial charge in [-0.1, -0.05) is 0 Å². The van der Waals surface area contributed by atoms with Crippen LogP contribution in [0.2, 0.25) is 0 Å². The molecule has 0 saturated heterocycles. The Bertz CT molecular complexity index is 483. The normalized spacial score (nSPS) is 22.0. The summed E-state index contributed by atoms with van der Waals surface area (Å²) in [6.07, 6.45) is 0.550. The highest BCUT2D eigenvalue weighted by molar-refractivity contribution is 5.99. The SMILES string of the molecule is COc1ccc(C(=O)C2CCCC(F)(F)C2)c(C)c1. The fourth-order valence-electron chi connectivity index (χ4n) is 2.66. The topological polar surface area (TPSA) is 26.3 Å². The molecule has 19 heavy (non-hydrogen) atoms. The maximum Gasteiger partial charge on any atom is 0.248 e. The minimum atomic E-state index is -2.70. The first kappa shape index (κ1) is 14.0. The number of hydrogen-bond acceptors (Lipinski definition) is 2. The van der Waals surface area contributed by atoms with E-state index in [4.69, 9.17) is 4.74 Å². The number of halogens is 2. The minimum Gasteiger partial charge on any atom is -0.497 e. The van der Waals surface area contributed by atoms with Gasteiger partial charge in [0.1, 0.15) is 5.75 Å². The number of ketones is 1. The lowest BCUT2D eigenvalue weighted by atomic mass is 9.81. The van der Waals surface area contributed by atoms with Gasteiger partial charge in [0.05, 0.1) is 7.11 Å². The predicted octanol–water partition coefficient (Wildman–Crippen LogP) is 4.01. The van der Waals surface area contributed by atoms with Crippen LogP contribution >= 0.6 is 0 Å². The third-order valence-electron chi connectivity index (χ3n) is 3.71. The lowest BCUT2D eigenvalue weighted by molar-refractivity contribution is -0.0478. The Morgan fingerprint density at radius 1 is 1.42 bits per heavy atom. The van der Waals surface area contributed by atoms with Gasteiger partial charge < -0.3 is 4.74 Å². The summed E-state index contributed by atoms with van der Waals surface area (Å²) in [7, 11) is 1.55. The molecule has 2 nitrogen and oxygen atoms in total. The average Bonchev–Trinajstić information content (AvgIpc) is 2.36. The summed E-state index contributed by atoms with van der Waals surface area (Å²) in [4.78, 5) is 12.3. The van der Waals surface area contributed by atoms with Gasteiger partial charge in [-0.25, -0.2) is 8.78 Å². The molecule has 0 bridgehead atoms. The monoisotopic (exact) mass is 268 g/mol. The fraction of sp³-hybridized carbons (Fsp3) is 0.533. The van der Waals surface area contributed by atoms with Crippen molar-refractivity contribution in [3.8, 4) is 5.75 Å². The molecule has 0 aromatic heterocycles. The molecule has 1 unspecified atom stereocenters. The predicted molar refractivity (Wildman–Crippen MR) is 69.0 cm³/mol. The van der Waals surface area contributed by atoms with Crippen molar-refractivity contribution in [3.05, 3.63) is 29.3 Å². The van der Waals surface area contributed by atoms with Crippen LogP contribution in [0, 0.1) is 12.8 Å². The summed E-state index contributed by atoms with van der Waals surface area (Å²) in [6, 6.07) is 5.12. The fourth-order valence-corrected chi connectivity index (χ4v) is 2.66. The van der Waals surface area contributed by atoms with E-state index >= 15 is 0 Å². The van der Waals surface area contributed by atoms with Crippen molar-refractivity contribution in [1.82, 2.24) is 0 Å². The van der Waals surface area contributed by atoms with Crippen LogP contribution in [0.3, 0.4) is 0 Å². The third kappa shape index (κ3) is 3.11. The second kappa shape index (κ2) is 5.27. The maximum absolute atomic E-state index is 13.4. The zero-order valence-electron chi connectivity index (χ0n) is 11.2. The van der Waals surface area contributed by atoms with E-state index in [2.05, 4.69) is 0 Å². The number of aryl methyl sites for hydroxylation is 1. The first-order valence-electron chi connectivity index (χ1n) is 6.49. The van der Waals surface area contributed by atoms with Crippen molar-refractivity contribution < 1.29 is 18.3 Å². The average molecular weight is 268 g/mol. The van der Waals surface area contributed by atoms with Crippen LogP contribution in [-0.2, 0) is 0 Å². The van der Waals surface area contributed by atoms with Gasteiger partial charge in [-0.05, 0) is 43.5 Å². The highest BCUT2D eigenvalue weighted by Gasteiger charge is 2.39. The Hall–Kier alpha value is -1.45. The summed E-state index contributed by atoms with van der Waals surface area (Å²) in [5.41, 5.74) is 1.31. The van der Waals surface area contributed by atoms with E-state index in [1.807, 2.05) is 0 Å². The zero-order valence-corrected chi connectivity index (χ0v) is 11.2. The van der Waals surface area contributed by atoms with E-state index in [0.29, 0.717) is 24.2 Å². The molecule has 0 aliphatic heterocycles. The van der Waals surface area contributed by atoms with Crippen molar-refractivity contribution in [3.63, 3.8) is 0 Å². The molecule has 0 N–H and O–H groups in total. The van der Waals surface area contributed by atoms with Crippen molar-refractivity contribution in [2.75, 3.05) is 7.11 Å². The van der Waals surface area contributed by atoms with Gasteiger partial charge in [0, 0.05) is 24.3 Å². The largest absolute Gasteiger partial charge is 0.497 e. The van der Waals surface area contributed by atoms with Crippen LogP contribution in [0.4, 0.5) is 8.78 Å². The molecule has 1 aromatic carbocycles. The summed E-state index contributed by atoms with van der Waals surface area (Å²) in [5, 5.41) is 0. The van der Waals surface area contributed by atoms with Crippen LogP contribution in [0.15, 0.2) is 18.2 Å². The lowest BCUT2D eigenvalue weighted by Crippen LogP contribution is -2.30. The van der Waals surface area contributed by atoms with E-state index in [-0.39, 0.29) is 18.6 Å². The van der Waals surface area contributed by atoms with Crippen molar-refractivity contribution in [2.45, 2.75) is 38.5 Å². The zero-order chi connectivity index (χ0) is 14.0. The molecule has 0 spiro atoms.